The summed E-state index contributed by atoms with van der Waals surface area (Å²) in [6.07, 6.45) is 6.75. The lowest BCUT2D eigenvalue weighted by atomic mass is 9.57. The molecule has 0 aliphatic carbocycles. The molecule has 0 fully saturated rings. The Morgan fingerprint density at radius 1 is 0.450 bits per heavy atom. The van der Waals surface area contributed by atoms with Crippen molar-refractivity contribution in [3.05, 3.63) is 142 Å². The largest absolute Gasteiger partial charge is 0.318 e. The molecule has 0 unspecified atom stereocenters. The van der Waals surface area contributed by atoms with Gasteiger partial charge in [-0.25, -0.2) is 0 Å². The van der Waals surface area contributed by atoms with Crippen molar-refractivity contribution < 1.29 is 0 Å². The van der Waals surface area contributed by atoms with Gasteiger partial charge in [-0.05, 0) is 72.2 Å². The zero-order valence-corrected chi connectivity index (χ0v) is 25.0. The number of rotatable bonds is 13. The first-order chi connectivity index (χ1) is 19.3. The van der Waals surface area contributed by atoms with Gasteiger partial charge in [-0.2, -0.15) is 0 Å². The highest BCUT2D eigenvalue weighted by Gasteiger charge is 2.33. The first-order valence-electron chi connectivity index (χ1n) is 15.1. The summed E-state index contributed by atoms with van der Waals surface area (Å²) in [7, 11) is 2.23. The van der Waals surface area contributed by atoms with E-state index in [1.807, 2.05) is 0 Å². The average molecular weight is 528 g/mol. The second-order valence-electron chi connectivity index (χ2n) is 11.8. The summed E-state index contributed by atoms with van der Waals surface area (Å²) >= 11 is 0. The number of nitrogens with two attached hydrogens (primary N) is 2. The molecule has 0 amide bonds. The van der Waals surface area contributed by atoms with Gasteiger partial charge in [-0.1, -0.05) is 135 Å². The van der Waals surface area contributed by atoms with Gasteiger partial charge >= 0.3 is 0 Å². The Morgan fingerprint density at radius 3 is 0.950 bits per heavy atom. The highest BCUT2D eigenvalue weighted by atomic mass is 14.7. The standard InChI is InChI=1S/C36H46B2N2/c1-27-15-5-9-19-31(27)35(39,32-20-10-6-16-28(32)2)25-37-23-13-14-24-38-26-36(40,33-21-11-7-17-29(33)3)34-22-12-8-18-30(34)4/h5-12,15-22,37-38H,13-14,23-26,39-40H2,1-4H3. The van der Waals surface area contributed by atoms with E-state index in [4.69, 9.17) is 11.5 Å². The van der Waals surface area contributed by atoms with E-state index in [1.54, 1.807) is 0 Å². The fraction of sp³-hybridized carbons (Fsp3) is 0.333. The van der Waals surface area contributed by atoms with E-state index in [2.05, 4.69) is 125 Å². The van der Waals surface area contributed by atoms with Crippen LogP contribution in [0.2, 0.25) is 25.3 Å². The smallest absolute Gasteiger partial charge is 0.123 e. The number of hydrogen-bond donors (Lipinski definition) is 2. The van der Waals surface area contributed by atoms with E-state index in [1.165, 1.54) is 70.0 Å². The van der Waals surface area contributed by atoms with Gasteiger partial charge in [0, 0.05) is 0 Å². The van der Waals surface area contributed by atoms with Crippen molar-refractivity contribution in [2.45, 2.75) is 76.9 Å². The summed E-state index contributed by atoms with van der Waals surface area (Å²) in [5, 5.41) is 0. The number of unbranched alkanes of at least 4 members (excludes halogenated alkanes) is 1. The molecule has 4 N–H and O–H groups in total. The first kappa shape index (κ1) is 29.9. The van der Waals surface area contributed by atoms with E-state index >= 15 is 0 Å². The average Bonchev–Trinajstić information content (AvgIpc) is 2.95. The molecule has 2 nitrogen and oxygen atoms in total. The minimum absolute atomic E-state index is 0.461. The predicted octanol–water partition coefficient (Wildman–Crippen LogP) is 7.35. The summed E-state index contributed by atoms with van der Waals surface area (Å²) in [5.74, 6) is 0. The van der Waals surface area contributed by atoms with Gasteiger partial charge in [-0.15, -0.1) is 0 Å². The Labute approximate surface area is 244 Å². The normalized spacial score (nSPS) is 11.8. The highest BCUT2D eigenvalue weighted by Crippen LogP contribution is 2.36. The van der Waals surface area contributed by atoms with E-state index in [-0.39, 0.29) is 0 Å². The zero-order chi connectivity index (χ0) is 28.6. The van der Waals surface area contributed by atoms with Crippen molar-refractivity contribution in [2.24, 2.45) is 11.5 Å². The molecule has 0 saturated carbocycles. The number of hydrogen-bond acceptors (Lipinski definition) is 2. The summed E-state index contributed by atoms with van der Waals surface area (Å²) in [6, 6.07) is 34.5. The van der Waals surface area contributed by atoms with Crippen molar-refractivity contribution >= 4 is 14.6 Å². The third-order valence-electron chi connectivity index (χ3n) is 8.89. The van der Waals surface area contributed by atoms with Crippen LogP contribution < -0.4 is 11.5 Å². The van der Waals surface area contributed by atoms with E-state index in [0.29, 0.717) is 0 Å². The van der Waals surface area contributed by atoms with Crippen LogP contribution in [0.4, 0.5) is 0 Å². The molecular formula is C36H46B2N2. The minimum atomic E-state index is -0.461. The molecule has 40 heavy (non-hydrogen) atoms. The Morgan fingerprint density at radius 2 is 0.700 bits per heavy atom. The van der Waals surface area contributed by atoms with Crippen LogP contribution in [-0.4, -0.2) is 14.6 Å². The molecule has 4 aromatic carbocycles. The molecule has 0 atom stereocenters. The van der Waals surface area contributed by atoms with Gasteiger partial charge in [0.2, 0.25) is 0 Å². The summed E-state index contributed by atoms with van der Waals surface area (Å²) in [4.78, 5) is 0. The molecule has 0 aliphatic rings. The van der Waals surface area contributed by atoms with Gasteiger partial charge in [-0.3, -0.25) is 0 Å². The third-order valence-corrected chi connectivity index (χ3v) is 8.89. The molecule has 0 bridgehead atoms. The van der Waals surface area contributed by atoms with Crippen molar-refractivity contribution in [1.29, 1.82) is 0 Å². The molecule has 4 heteroatoms. The van der Waals surface area contributed by atoms with E-state index < -0.39 is 11.1 Å². The van der Waals surface area contributed by atoms with Crippen LogP contribution in [0, 0.1) is 27.7 Å². The molecule has 206 valence electrons. The maximum absolute atomic E-state index is 7.27. The summed E-state index contributed by atoms with van der Waals surface area (Å²) in [5.41, 5.74) is 23.7. The van der Waals surface area contributed by atoms with E-state index in [0.717, 1.165) is 27.2 Å². The quantitative estimate of drug-likeness (QED) is 0.141. The second-order valence-corrected chi connectivity index (χ2v) is 11.8. The molecule has 0 saturated heterocycles. The molecule has 0 aromatic heterocycles. The number of aryl methyl sites for hydroxylation is 4. The predicted molar refractivity (Wildman–Crippen MR) is 177 cm³/mol. The van der Waals surface area contributed by atoms with Crippen LogP contribution >= 0.6 is 0 Å². The van der Waals surface area contributed by atoms with E-state index in [9.17, 15) is 0 Å². The fourth-order valence-electron chi connectivity index (χ4n) is 6.64. The number of benzene rings is 4. The van der Waals surface area contributed by atoms with Crippen LogP contribution in [0.15, 0.2) is 97.1 Å². The second kappa shape index (κ2) is 13.5. The van der Waals surface area contributed by atoms with Crippen LogP contribution in [0.5, 0.6) is 0 Å². The molecule has 4 rings (SSSR count). The zero-order valence-electron chi connectivity index (χ0n) is 25.0. The summed E-state index contributed by atoms with van der Waals surface area (Å²) < 4.78 is 0. The van der Waals surface area contributed by atoms with Crippen molar-refractivity contribution in [3.8, 4) is 0 Å². The Balaban J connectivity index is 1.35. The topological polar surface area (TPSA) is 52.0 Å². The third kappa shape index (κ3) is 6.62. The lowest BCUT2D eigenvalue weighted by Gasteiger charge is -2.34. The lowest BCUT2D eigenvalue weighted by molar-refractivity contribution is 0.588. The van der Waals surface area contributed by atoms with Crippen molar-refractivity contribution in [2.75, 3.05) is 0 Å². The molecular weight excluding hydrogens is 482 g/mol. The lowest BCUT2D eigenvalue weighted by Crippen LogP contribution is -2.40. The Bertz CT molecular complexity index is 1200. The van der Waals surface area contributed by atoms with Gasteiger partial charge in [0.25, 0.3) is 0 Å². The van der Waals surface area contributed by atoms with Crippen molar-refractivity contribution in [3.63, 3.8) is 0 Å². The highest BCUT2D eigenvalue weighted by molar-refractivity contribution is 6.36. The van der Waals surface area contributed by atoms with Crippen LogP contribution in [0.1, 0.15) is 57.3 Å². The van der Waals surface area contributed by atoms with Crippen LogP contribution in [0.25, 0.3) is 0 Å². The first-order valence-corrected chi connectivity index (χ1v) is 15.1. The monoisotopic (exact) mass is 528 g/mol. The van der Waals surface area contributed by atoms with Crippen molar-refractivity contribution in [1.82, 2.24) is 0 Å². The minimum Gasteiger partial charge on any atom is -0.318 e. The van der Waals surface area contributed by atoms with Gasteiger partial charge in [0.1, 0.15) is 14.6 Å². The molecule has 0 radical (unpaired) electrons. The molecule has 4 aromatic rings. The van der Waals surface area contributed by atoms with Gasteiger partial charge in [0.15, 0.2) is 0 Å². The SMILES string of the molecule is Cc1ccccc1C(N)(CBCCCCBCC(N)(c1ccccc1C)c1ccccc1C)c1ccccc1C. The maximum Gasteiger partial charge on any atom is 0.123 e. The Hall–Kier alpha value is -3.07. The van der Waals surface area contributed by atoms with Crippen LogP contribution in [-0.2, 0) is 11.1 Å². The molecule has 0 spiro atoms. The summed E-state index contributed by atoms with van der Waals surface area (Å²) in [6.45, 7) is 8.72. The molecule has 0 heterocycles. The Kier molecular flexibility index (Phi) is 10.1. The van der Waals surface area contributed by atoms with Crippen LogP contribution in [0.3, 0.4) is 0 Å². The van der Waals surface area contributed by atoms with Gasteiger partial charge in [0.05, 0.1) is 11.1 Å². The maximum atomic E-state index is 7.27. The molecule has 0 aliphatic heterocycles. The van der Waals surface area contributed by atoms with Gasteiger partial charge < -0.3 is 11.5 Å². The fourth-order valence-corrected chi connectivity index (χ4v) is 6.64.